The van der Waals surface area contributed by atoms with Crippen LogP contribution in [0.15, 0.2) is 23.7 Å². The summed E-state index contributed by atoms with van der Waals surface area (Å²) in [4.78, 5) is 10.3. The van der Waals surface area contributed by atoms with Gasteiger partial charge >= 0.3 is 0 Å². The van der Waals surface area contributed by atoms with Crippen LogP contribution in [0.4, 0.5) is 11.4 Å². The zero-order chi connectivity index (χ0) is 17.3. The van der Waals surface area contributed by atoms with Gasteiger partial charge in [-0.05, 0) is 11.6 Å². The molecule has 0 amide bonds. The summed E-state index contributed by atoms with van der Waals surface area (Å²) in [5.74, 6) is 1.73. The molecule has 0 aliphatic carbocycles. The number of hydrogen-bond donors (Lipinski definition) is 0. The number of halogens is 1. The summed E-state index contributed by atoms with van der Waals surface area (Å²) < 4.78 is 17.2. The van der Waals surface area contributed by atoms with E-state index in [1.807, 2.05) is 29.5 Å². The number of fused-ring (bicyclic) bond motifs is 1. The molecule has 0 atom stereocenters. The van der Waals surface area contributed by atoms with Gasteiger partial charge in [-0.2, -0.15) is 0 Å². The average Bonchev–Trinajstić information content (AvgIpc) is 3.02. The first-order chi connectivity index (χ1) is 11.6. The molecule has 0 aliphatic rings. The van der Waals surface area contributed by atoms with Crippen molar-refractivity contribution in [2.45, 2.75) is 0 Å². The molecule has 0 saturated carbocycles. The van der Waals surface area contributed by atoms with Crippen molar-refractivity contribution in [3.8, 4) is 17.2 Å². The van der Waals surface area contributed by atoms with Gasteiger partial charge in [0.1, 0.15) is 5.52 Å². The summed E-state index contributed by atoms with van der Waals surface area (Å²) in [6.45, 7) is 0. The topological polar surface area (TPSA) is 56.7 Å². The molecule has 8 heteroatoms. The molecule has 3 aromatic rings. The molecule has 2 heterocycles. The summed E-state index contributed by atoms with van der Waals surface area (Å²) in [5.41, 5.74) is 2.60. The van der Waals surface area contributed by atoms with Gasteiger partial charge in [0, 0.05) is 36.4 Å². The lowest BCUT2D eigenvalue weighted by atomic mass is 10.2. The highest BCUT2D eigenvalue weighted by Gasteiger charge is 2.18. The van der Waals surface area contributed by atoms with Crippen LogP contribution in [-0.2, 0) is 0 Å². The van der Waals surface area contributed by atoms with Crippen LogP contribution in [0.1, 0.15) is 0 Å². The predicted molar refractivity (Wildman–Crippen MR) is 96.6 cm³/mol. The minimum atomic E-state index is 0.223. The minimum absolute atomic E-state index is 0.223. The van der Waals surface area contributed by atoms with Crippen LogP contribution in [0.3, 0.4) is 0 Å². The van der Waals surface area contributed by atoms with Gasteiger partial charge in [-0.1, -0.05) is 0 Å². The Morgan fingerprint density at radius 2 is 1.75 bits per heavy atom. The SMILES string of the molecule is COc1cc(N(C)c2csc3cnc(Cl)nc23)cc(OC)c1OC. The van der Waals surface area contributed by atoms with Crippen molar-refractivity contribution in [3.05, 3.63) is 29.0 Å². The van der Waals surface area contributed by atoms with E-state index in [1.165, 1.54) is 0 Å². The molecule has 0 unspecified atom stereocenters. The molecule has 0 aliphatic heterocycles. The molecule has 24 heavy (non-hydrogen) atoms. The number of thiophene rings is 1. The van der Waals surface area contributed by atoms with Crippen LogP contribution >= 0.6 is 22.9 Å². The summed E-state index contributed by atoms with van der Waals surface area (Å²) in [6.07, 6.45) is 1.72. The lowest BCUT2D eigenvalue weighted by Gasteiger charge is -2.21. The van der Waals surface area contributed by atoms with Gasteiger partial charge in [-0.25, -0.2) is 9.97 Å². The van der Waals surface area contributed by atoms with Crippen LogP contribution in [-0.4, -0.2) is 38.3 Å². The molecule has 126 valence electrons. The van der Waals surface area contributed by atoms with Gasteiger partial charge in [0.25, 0.3) is 0 Å². The second kappa shape index (κ2) is 6.70. The number of methoxy groups -OCH3 is 3. The molecule has 0 bridgehead atoms. The van der Waals surface area contributed by atoms with Crippen LogP contribution in [0.25, 0.3) is 10.2 Å². The lowest BCUT2D eigenvalue weighted by molar-refractivity contribution is 0.324. The largest absolute Gasteiger partial charge is 0.493 e. The Morgan fingerprint density at radius 1 is 1.08 bits per heavy atom. The number of aromatic nitrogens is 2. The van der Waals surface area contributed by atoms with E-state index in [1.54, 1.807) is 38.9 Å². The van der Waals surface area contributed by atoms with E-state index in [2.05, 4.69) is 9.97 Å². The third-order valence-electron chi connectivity index (χ3n) is 3.66. The molecule has 0 N–H and O–H groups in total. The van der Waals surface area contributed by atoms with E-state index in [-0.39, 0.29) is 5.28 Å². The molecule has 0 spiro atoms. The summed E-state index contributed by atoms with van der Waals surface area (Å²) in [5, 5.41) is 2.24. The standard InChI is InChI=1S/C16H16ClN3O3S/c1-20(10-8-24-13-7-18-16(17)19-14(10)13)9-5-11(21-2)15(23-4)12(6-9)22-3/h5-8H,1-4H3. The van der Waals surface area contributed by atoms with E-state index in [0.29, 0.717) is 17.2 Å². The quantitative estimate of drug-likeness (QED) is 0.633. The predicted octanol–water partition coefficient (Wildman–Crippen LogP) is 4.14. The maximum atomic E-state index is 5.94. The molecule has 0 fully saturated rings. The first kappa shape index (κ1) is 16.6. The lowest BCUT2D eigenvalue weighted by Crippen LogP contribution is -2.10. The van der Waals surface area contributed by atoms with Crippen molar-refractivity contribution in [3.63, 3.8) is 0 Å². The third kappa shape index (κ3) is 2.81. The van der Waals surface area contributed by atoms with Crippen molar-refractivity contribution < 1.29 is 14.2 Å². The van der Waals surface area contributed by atoms with Crippen molar-refractivity contribution in [1.29, 1.82) is 0 Å². The van der Waals surface area contributed by atoms with Gasteiger partial charge in [0.2, 0.25) is 11.0 Å². The number of hydrogen-bond acceptors (Lipinski definition) is 7. The molecule has 0 radical (unpaired) electrons. The summed E-state index contributed by atoms with van der Waals surface area (Å²) in [7, 11) is 6.70. The van der Waals surface area contributed by atoms with Crippen molar-refractivity contribution >= 4 is 44.5 Å². The Kier molecular flexibility index (Phi) is 4.64. The first-order valence-electron chi connectivity index (χ1n) is 7.02. The number of anilines is 2. The van der Waals surface area contributed by atoms with Crippen LogP contribution < -0.4 is 19.1 Å². The fraction of sp³-hybridized carbons (Fsp3) is 0.250. The maximum absolute atomic E-state index is 5.94. The number of nitrogens with zero attached hydrogens (tertiary/aromatic N) is 3. The van der Waals surface area contributed by atoms with Gasteiger partial charge in [0.05, 0.1) is 31.7 Å². The van der Waals surface area contributed by atoms with Gasteiger partial charge < -0.3 is 19.1 Å². The van der Waals surface area contributed by atoms with Crippen LogP contribution in [0, 0.1) is 0 Å². The first-order valence-corrected chi connectivity index (χ1v) is 8.28. The highest BCUT2D eigenvalue weighted by Crippen LogP contribution is 2.43. The highest BCUT2D eigenvalue weighted by atomic mass is 35.5. The van der Waals surface area contributed by atoms with Gasteiger partial charge in [-0.15, -0.1) is 11.3 Å². The normalized spacial score (nSPS) is 10.7. The summed E-state index contributed by atoms with van der Waals surface area (Å²) >= 11 is 7.50. The Bertz CT molecular complexity index is 859. The van der Waals surface area contributed by atoms with E-state index in [0.717, 1.165) is 21.6 Å². The minimum Gasteiger partial charge on any atom is -0.493 e. The second-order valence-corrected chi connectivity index (χ2v) is 6.16. The number of benzene rings is 1. The molecule has 2 aromatic heterocycles. The van der Waals surface area contributed by atoms with Crippen molar-refractivity contribution in [1.82, 2.24) is 9.97 Å². The van der Waals surface area contributed by atoms with Crippen molar-refractivity contribution in [2.24, 2.45) is 0 Å². The van der Waals surface area contributed by atoms with Crippen molar-refractivity contribution in [2.75, 3.05) is 33.3 Å². The Balaban J connectivity index is 2.11. The monoisotopic (exact) mass is 365 g/mol. The fourth-order valence-electron chi connectivity index (χ4n) is 2.43. The third-order valence-corrected chi connectivity index (χ3v) is 4.74. The molecule has 3 rings (SSSR count). The molecule has 1 aromatic carbocycles. The Hall–Kier alpha value is -2.25. The molecule has 0 saturated heterocycles. The van der Waals surface area contributed by atoms with Gasteiger partial charge in [0.15, 0.2) is 11.5 Å². The average molecular weight is 366 g/mol. The van der Waals surface area contributed by atoms with E-state index < -0.39 is 0 Å². The summed E-state index contributed by atoms with van der Waals surface area (Å²) in [6, 6.07) is 3.77. The number of ether oxygens (including phenoxy) is 3. The van der Waals surface area contributed by atoms with E-state index in [9.17, 15) is 0 Å². The second-order valence-electron chi connectivity index (χ2n) is 4.92. The van der Waals surface area contributed by atoms with E-state index >= 15 is 0 Å². The maximum Gasteiger partial charge on any atom is 0.223 e. The molecular weight excluding hydrogens is 350 g/mol. The zero-order valence-corrected chi connectivity index (χ0v) is 15.2. The van der Waals surface area contributed by atoms with Crippen LogP contribution in [0.2, 0.25) is 5.28 Å². The number of rotatable bonds is 5. The van der Waals surface area contributed by atoms with Gasteiger partial charge in [-0.3, -0.25) is 0 Å². The van der Waals surface area contributed by atoms with Crippen LogP contribution in [0.5, 0.6) is 17.2 Å². The highest BCUT2D eigenvalue weighted by molar-refractivity contribution is 7.17. The zero-order valence-electron chi connectivity index (χ0n) is 13.7. The molecular formula is C16H16ClN3O3S. The Labute approximate surface area is 148 Å². The molecule has 6 nitrogen and oxygen atoms in total. The van der Waals surface area contributed by atoms with E-state index in [4.69, 9.17) is 25.8 Å². The Morgan fingerprint density at radius 3 is 2.33 bits per heavy atom. The smallest absolute Gasteiger partial charge is 0.223 e. The fourth-order valence-corrected chi connectivity index (χ4v) is 3.45.